The molecular formula is C17H17BrN2O4. The maximum Gasteiger partial charge on any atom is 0.277 e. The molecule has 0 aliphatic heterocycles. The number of hydrogen-bond acceptors (Lipinski definition) is 5. The molecule has 0 aliphatic rings. The Balaban J connectivity index is 1.94. The van der Waals surface area contributed by atoms with Gasteiger partial charge in [0.05, 0.1) is 12.8 Å². The number of rotatable bonds is 6. The van der Waals surface area contributed by atoms with Crippen molar-refractivity contribution in [2.24, 2.45) is 5.10 Å². The molecule has 7 heteroatoms. The van der Waals surface area contributed by atoms with Crippen molar-refractivity contribution >= 4 is 27.5 Å². The number of phenolic OH excluding ortho intramolecular Hbond substituents is 1. The number of carbonyl (C=O) groups is 1. The van der Waals surface area contributed by atoms with Crippen LogP contribution in [0.1, 0.15) is 12.5 Å². The second-order valence-corrected chi connectivity index (χ2v) is 5.77. The highest BCUT2D eigenvalue weighted by Crippen LogP contribution is 2.23. The Bertz CT molecular complexity index is 745. The molecule has 0 atom stereocenters. The third kappa shape index (κ3) is 4.99. The van der Waals surface area contributed by atoms with Crippen molar-refractivity contribution in [3.8, 4) is 17.2 Å². The van der Waals surface area contributed by atoms with E-state index in [4.69, 9.17) is 9.47 Å². The predicted molar refractivity (Wildman–Crippen MR) is 94.6 cm³/mol. The van der Waals surface area contributed by atoms with E-state index in [1.165, 1.54) is 13.2 Å². The van der Waals surface area contributed by atoms with Crippen LogP contribution in [-0.4, -0.2) is 30.4 Å². The molecule has 0 spiro atoms. The van der Waals surface area contributed by atoms with Gasteiger partial charge in [0.2, 0.25) is 0 Å². The highest BCUT2D eigenvalue weighted by molar-refractivity contribution is 9.10. The molecule has 6 nitrogen and oxygen atoms in total. The lowest BCUT2D eigenvalue weighted by Crippen LogP contribution is -2.25. The van der Waals surface area contributed by atoms with Gasteiger partial charge in [0.15, 0.2) is 6.61 Å². The molecule has 0 fully saturated rings. The molecule has 0 unspecified atom stereocenters. The molecule has 0 saturated heterocycles. The Kier molecular flexibility index (Phi) is 6.20. The lowest BCUT2D eigenvalue weighted by Gasteiger charge is -2.08. The van der Waals surface area contributed by atoms with Gasteiger partial charge in [-0.1, -0.05) is 15.9 Å². The number of hydrazone groups is 1. The fourth-order valence-electron chi connectivity index (χ4n) is 1.85. The minimum atomic E-state index is -0.403. The smallest absolute Gasteiger partial charge is 0.277 e. The van der Waals surface area contributed by atoms with Crippen LogP contribution >= 0.6 is 15.9 Å². The van der Waals surface area contributed by atoms with Gasteiger partial charge in [0, 0.05) is 10.0 Å². The standard InChI is InChI=1S/C17H17BrN2O4/c1-11(15-9-14(23-2)7-8-16(15)21)19-20-17(22)10-24-13-5-3-12(18)4-6-13/h3-9,21H,10H2,1-2H3,(H,20,22)/b19-11+. The second-order valence-electron chi connectivity index (χ2n) is 4.86. The molecule has 0 radical (unpaired) electrons. The highest BCUT2D eigenvalue weighted by atomic mass is 79.9. The Morgan fingerprint density at radius 1 is 1.21 bits per heavy atom. The maximum atomic E-state index is 11.8. The first-order chi connectivity index (χ1) is 11.5. The molecule has 2 aromatic rings. The fraction of sp³-hybridized carbons (Fsp3) is 0.176. The number of nitrogens with one attached hydrogen (secondary N) is 1. The van der Waals surface area contributed by atoms with E-state index in [1.54, 1.807) is 31.2 Å². The number of amides is 1. The van der Waals surface area contributed by atoms with Gasteiger partial charge in [-0.15, -0.1) is 0 Å². The minimum absolute atomic E-state index is 0.0532. The average Bonchev–Trinajstić information content (AvgIpc) is 2.59. The number of benzene rings is 2. The number of hydrogen-bond donors (Lipinski definition) is 2. The number of ether oxygens (including phenoxy) is 2. The SMILES string of the molecule is COc1ccc(O)c(/C(C)=N/NC(=O)COc2ccc(Br)cc2)c1. The van der Waals surface area contributed by atoms with Crippen LogP contribution in [0, 0.1) is 0 Å². The van der Waals surface area contributed by atoms with Crippen LogP contribution in [0.2, 0.25) is 0 Å². The number of phenols is 1. The molecular weight excluding hydrogens is 376 g/mol. The van der Waals surface area contributed by atoms with Gasteiger partial charge in [0.25, 0.3) is 5.91 Å². The van der Waals surface area contributed by atoms with Crippen molar-refractivity contribution in [2.75, 3.05) is 13.7 Å². The van der Waals surface area contributed by atoms with E-state index in [2.05, 4.69) is 26.5 Å². The topological polar surface area (TPSA) is 80.2 Å². The molecule has 2 rings (SSSR count). The summed E-state index contributed by atoms with van der Waals surface area (Å²) < 4.78 is 11.4. The molecule has 1 amide bonds. The third-order valence-electron chi connectivity index (χ3n) is 3.13. The van der Waals surface area contributed by atoms with Crippen LogP contribution in [-0.2, 0) is 4.79 Å². The van der Waals surface area contributed by atoms with Crippen molar-refractivity contribution in [2.45, 2.75) is 6.92 Å². The van der Waals surface area contributed by atoms with Crippen molar-refractivity contribution in [3.05, 3.63) is 52.5 Å². The van der Waals surface area contributed by atoms with Crippen molar-refractivity contribution in [3.63, 3.8) is 0 Å². The molecule has 0 bridgehead atoms. The van der Waals surface area contributed by atoms with E-state index in [0.29, 0.717) is 22.8 Å². The predicted octanol–water partition coefficient (Wildman–Crippen LogP) is 3.08. The minimum Gasteiger partial charge on any atom is -0.507 e. The first-order valence-electron chi connectivity index (χ1n) is 7.08. The fourth-order valence-corrected chi connectivity index (χ4v) is 2.11. The zero-order valence-electron chi connectivity index (χ0n) is 13.2. The van der Waals surface area contributed by atoms with Gasteiger partial charge in [0.1, 0.15) is 17.2 Å². The molecule has 126 valence electrons. The van der Waals surface area contributed by atoms with Crippen LogP contribution in [0.25, 0.3) is 0 Å². The number of nitrogens with zero attached hydrogens (tertiary/aromatic N) is 1. The molecule has 0 saturated carbocycles. The number of carbonyl (C=O) groups excluding carboxylic acids is 1. The lowest BCUT2D eigenvalue weighted by molar-refractivity contribution is -0.123. The third-order valence-corrected chi connectivity index (χ3v) is 3.65. The Morgan fingerprint density at radius 2 is 1.88 bits per heavy atom. The number of halogens is 1. The summed E-state index contributed by atoms with van der Waals surface area (Å²) in [5, 5.41) is 13.8. The van der Waals surface area contributed by atoms with E-state index in [9.17, 15) is 9.90 Å². The van der Waals surface area contributed by atoms with E-state index < -0.39 is 5.91 Å². The number of methoxy groups -OCH3 is 1. The van der Waals surface area contributed by atoms with Gasteiger partial charge in [-0.2, -0.15) is 5.10 Å². The van der Waals surface area contributed by atoms with Gasteiger partial charge in [-0.25, -0.2) is 5.43 Å². The second kappa shape index (κ2) is 8.35. The Morgan fingerprint density at radius 3 is 2.54 bits per heavy atom. The van der Waals surface area contributed by atoms with Crippen LogP contribution in [0.15, 0.2) is 52.0 Å². The molecule has 0 aromatic heterocycles. The van der Waals surface area contributed by atoms with Gasteiger partial charge in [-0.3, -0.25) is 4.79 Å². The van der Waals surface area contributed by atoms with Crippen LogP contribution in [0.5, 0.6) is 17.2 Å². The largest absolute Gasteiger partial charge is 0.507 e. The lowest BCUT2D eigenvalue weighted by atomic mass is 10.1. The first-order valence-corrected chi connectivity index (χ1v) is 7.88. The number of aromatic hydroxyl groups is 1. The van der Waals surface area contributed by atoms with Crippen LogP contribution < -0.4 is 14.9 Å². The van der Waals surface area contributed by atoms with E-state index in [-0.39, 0.29) is 12.4 Å². The summed E-state index contributed by atoms with van der Waals surface area (Å²) in [6, 6.07) is 11.9. The average molecular weight is 393 g/mol. The first kappa shape index (κ1) is 17.8. The summed E-state index contributed by atoms with van der Waals surface area (Å²) in [5.41, 5.74) is 3.31. The van der Waals surface area contributed by atoms with Crippen molar-refractivity contribution in [1.29, 1.82) is 0 Å². The Hall–Kier alpha value is -2.54. The van der Waals surface area contributed by atoms with Crippen molar-refractivity contribution in [1.82, 2.24) is 5.43 Å². The summed E-state index contributed by atoms with van der Waals surface area (Å²) in [5.74, 6) is 0.818. The zero-order chi connectivity index (χ0) is 17.5. The summed E-state index contributed by atoms with van der Waals surface area (Å²) in [4.78, 5) is 11.8. The molecule has 2 aromatic carbocycles. The summed E-state index contributed by atoms with van der Waals surface area (Å²) in [6.07, 6.45) is 0. The molecule has 0 aliphatic carbocycles. The van der Waals surface area contributed by atoms with Gasteiger partial charge in [-0.05, 0) is 49.4 Å². The quantitative estimate of drug-likeness (QED) is 0.584. The summed E-state index contributed by atoms with van der Waals surface area (Å²) in [6.45, 7) is 1.51. The molecule has 0 heterocycles. The highest BCUT2D eigenvalue weighted by Gasteiger charge is 2.08. The maximum absolute atomic E-state index is 11.8. The Labute approximate surface area is 148 Å². The summed E-state index contributed by atoms with van der Waals surface area (Å²) in [7, 11) is 1.53. The zero-order valence-corrected chi connectivity index (χ0v) is 14.8. The molecule has 2 N–H and O–H groups in total. The van der Waals surface area contributed by atoms with Gasteiger partial charge >= 0.3 is 0 Å². The van der Waals surface area contributed by atoms with E-state index in [1.807, 2.05) is 12.1 Å². The van der Waals surface area contributed by atoms with Crippen LogP contribution in [0.4, 0.5) is 0 Å². The van der Waals surface area contributed by atoms with Gasteiger partial charge < -0.3 is 14.6 Å². The van der Waals surface area contributed by atoms with Crippen molar-refractivity contribution < 1.29 is 19.4 Å². The normalized spacial score (nSPS) is 11.0. The summed E-state index contributed by atoms with van der Waals surface area (Å²) >= 11 is 3.32. The van der Waals surface area contributed by atoms with E-state index in [0.717, 1.165) is 4.47 Å². The molecule has 24 heavy (non-hydrogen) atoms. The monoisotopic (exact) mass is 392 g/mol. The van der Waals surface area contributed by atoms with E-state index >= 15 is 0 Å². The van der Waals surface area contributed by atoms with Crippen LogP contribution in [0.3, 0.4) is 0 Å².